The molecule has 4 rings (SSSR count). The fraction of sp³-hybridized carbons (Fsp3) is 0.571. The number of aromatic nitrogens is 1. The highest BCUT2D eigenvalue weighted by molar-refractivity contribution is 8.00. The van der Waals surface area contributed by atoms with Gasteiger partial charge < -0.3 is 20.8 Å². The van der Waals surface area contributed by atoms with Crippen LogP contribution in [0.2, 0.25) is 0 Å². The van der Waals surface area contributed by atoms with E-state index in [-0.39, 0.29) is 35.2 Å². The van der Waals surface area contributed by atoms with Crippen LogP contribution < -0.4 is 20.7 Å². The highest BCUT2D eigenvalue weighted by Gasteiger charge is 2.49. The Morgan fingerprint density at radius 3 is 2.63 bits per heavy atom. The Hall–Kier alpha value is -2.68. The number of fused-ring (bicyclic) bond motifs is 1. The summed E-state index contributed by atoms with van der Waals surface area (Å²) in [6, 6.07) is 0. The number of anilines is 1. The summed E-state index contributed by atoms with van der Waals surface area (Å²) in [5, 5.41) is 24.2. The number of rotatable bonds is 8. The SMILES string of the molecule is CO/N=C(\C(N)=O)c1csc(N)[n+]1[N+]1(CCCO)CCCC1.C[C@@H]1C(=O)N2C(C(=O)O)=CCS[C@@H]12. The average molecular weight is 529 g/mol. The van der Waals surface area contributed by atoms with E-state index in [1.165, 1.54) is 23.3 Å². The molecule has 1 aromatic heterocycles. The summed E-state index contributed by atoms with van der Waals surface area (Å²) >= 11 is 2.95. The van der Waals surface area contributed by atoms with Gasteiger partial charge in [-0.2, -0.15) is 4.59 Å². The summed E-state index contributed by atoms with van der Waals surface area (Å²) in [7, 11) is 1.37. The van der Waals surface area contributed by atoms with Gasteiger partial charge in [0.25, 0.3) is 5.91 Å². The smallest absolute Gasteiger partial charge is 0.382 e. The lowest BCUT2D eigenvalue weighted by atomic mass is 9.99. The van der Waals surface area contributed by atoms with Crippen molar-refractivity contribution >= 4 is 51.7 Å². The van der Waals surface area contributed by atoms with E-state index in [9.17, 15) is 19.5 Å². The van der Waals surface area contributed by atoms with Crippen LogP contribution in [0, 0.1) is 5.92 Å². The molecule has 0 aromatic carbocycles. The van der Waals surface area contributed by atoms with Gasteiger partial charge in [0.1, 0.15) is 32.4 Å². The molecular formula is C21H32N6O6S2+2. The third-order valence-electron chi connectivity index (χ3n) is 6.27. The average Bonchev–Trinajstić information content (AvgIpc) is 3.47. The lowest BCUT2D eigenvalue weighted by molar-refractivity contribution is -0.806. The van der Waals surface area contributed by atoms with E-state index < -0.39 is 11.9 Å². The van der Waals surface area contributed by atoms with Crippen molar-refractivity contribution in [2.75, 3.05) is 44.8 Å². The number of carbonyl (C=O) groups is 3. The first kappa shape index (κ1) is 26.9. The highest BCUT2D eigenvalue weighted by atomic mass is 32.2. The molecule has 3 aliphatic rings. The molecule has 6 N–H and O–H groups in total. The number of hydrogen-bond acceptors (Lipinski definition) is 9. The summed E-state index contributed by atoms with van der Waals surface area (Å²) in [6.45, 7) is 4.50. The van der Waals surface area contributed by atoms with Crippen molar-refractivity contribution in [1.82, 2.24) is 9.49 Å². The summed E-state index contributed by atoms with van der Waals surface area (Å²) in [4.78, 5) is 39.9. The minimum Gasteiger partial charge on any atom is -0.477 e. The van der Waals surface area contributed by atoms with Gasteiger partial charge in [-0.3, -0.25) is 20.2 Å². The van der Waals surface area contributed by atoms with E-state index >= 15 is 0 Å². The summed E-state index contributed by atoms with van der Waals surface area (Å²) in [6.07, 6.45) is 4.39. The molecule has 2 fully saturated rings. The predicted molar refractivity (Wildman–Crippen MR) is 133 cm³/mol. The number of likely N-dealkylation sites (tertiary alicyclic amines) is 1. The van der Waals surface area contributed by atoms with Crippen LogP contribution in [-0.4, -0.2) is 83.1 Å². The minimum absolute atomic E-state index is 0.0342. The van der Waals surface area contributed by atoms with Crippen LogP contribution in [0.4, 0.5) is 5.13 Å². The van der Waals surface area contributed by atoms with E-state index in [2.05, 4.69) is 5.16 Å². The highest BCUT2D eigenvalue weighted by Crippen LogP contribution is 2.40. The number of β-lactam (4-membered cyclic amide) rings is 1. The topological polar surface area (TPSA) is 172 Å². The van der Waals surface area contributed by atoms with Gasteiger partial charge in [0, 0.05) is 31.6 Å². The van der Waals surface area contributed by atoms with Crippen LogP contribution in [0.1, 0.15) is 31.9 Å². The number of nitrogens with two attached hydrogens (primary N) is 2. The standard InChI is InChI=1S/C13H22N5O3S.C8H9NO3S/c1-21-16-11(12(14)20)10-9-22-13(15)17(10)18(7-4-8-19)5-2-3-6-18;1-4-6(10)9-5(8(11)12)2-3-13-7(4)9/h9,19H,2-8,15H2,1H3,(H-,14,20);2,4,7H,3H2,1H3,(H,11,12)/q+1;/p+1/b16-11-;/t;4-,7+/m.1/s1. The van der Waals surface area contributed by atoms with Crippen LogP contribution in [0.15, 0.2) is 22.3 Å². The van der Waals surface area contributed by atoms with Gasteiger partial charge in [-0.05, 0) is 22.1 Å². The lowest BCUT2D eigenvalue weighted by Gasteiger charge is -2.47. The Bertz CT molecular complexity index is 1040. The molecule has 2 atom stereocenters. The number of hydrogen-bond donors (Lipinski definition) is 4. The number of aliphatic hydroxyl groups excluding tert-OH is 1. The van der Waals surface area contributed by atoms with E-state index in [4.69, 9.17) is 21.4 Å². The molecule has 3 aliphatic heterocycles. The predicted octanol–water partition coefficient (Wildman–Crippen LogP) is -0.425. The first-order valence-corrected chi connectivity index (χ1v) is 13.2. The number of nitrogen functional groups attached to an aromatic ring is 1. The molecule has 0 radical (unpaired) electrons. The Labute approximate surface area is 211 Å². The van der Waals surface area contributed by atoms with E-state index in [0.717, 1.165) is 32.5 Å². The molecular weight excluding hydrogens is 496 g/mol. The number of quaternary nitrogens is 1. The Morgan fingerprint density at radius 2 is 2.06 bits per heavy atom. The van der Waals surface area contributed by atoms with Crippen molar-refractivity contribution in [3.8, 4) is 0 Å². The van der Waals surface area contributed by atoms with Crippen molar-refractivity contribution < 1.29 is 34.1 Å². The number of aliphatic hydroxyl groups is 1. The largest absolute Gasteiger partial charge is 0.477 e. The Balaban J connectivity index is 0.000000223. The zero-order valence-electron chi connectivity index (χ0n) is 19.8. The molecule has 0 unspecified atom stereocenters. The van der Waals surface area contributed by atoms with Crippen molar-refractivity contribution in [3.63, 3.8) is 0 Å². The second-order valence-electron chi connectivity index (χ2n) is 8.42. The van der Waals surface area contributed by atoms with Gasteiger partial charge in [0.05, 0.1) is 16.7 Å². The molecule has 2 amide bonds. The number of nitrogens with zero attached hydrogens (tertiary/aromatic N) is 4. The minimum atomic E-state index is -1.01. The van der Waals surface area contributed by atoms with Crippen molar-refractivity contribution in [1.29, 1.82) is 0 Å². The Kier molecular flexibility index (Phi) is 8.74. The van der Waals surface area contributed by atoms with E-state index in [1.54, 1.807) is 23.2 Å². The maximum absolute atomic E-state index is 11.7. The van der Waals surface area contributed by atoms with Crippen molar-refractivity contribution in [3.05, 3.63) is 22.8 Å². The maximum Gasteiger partial charge on any atom is 0.382 e. The second-order valence-corrected chi connectivity index (χ2v) is 10.5. The van der Waals surface area contributed by atoms with Gasteiger partial charge in [-0.15, -0.1) is 11.8 Å². The zero-order chi connectivity index (χ0) is 25.8. The van der Waals surface area contributed by atoms with E-state index in [1.807, 2.05) is 11.6 Å². The van der Waals surface area contributed by atoms with Gasteiger partial charge >= 0.3 is 11.1 Å². The number of carboxylic acids is 1. The molecule has 35 heavy (non-hydrogen) atoms. The fourth-order valence-electron chi connectivity index (χ4n) is 4.65. The second kappa shape index (κ2) is 11.4. The van der Waals surface area contributed by atoms with Gasteiger partial charge in [0.15, 0.2) is 0 Å². The van der Waals surface area contributed by atoms with E-state index in [0.29, 0.717) is 27.6 Å². The van der Waals surface area contributed by atoms with Crippen molar-refractivity contribution in [2.24, 2.45) is 16.8 Å². The Morgan fingerprint density at radius 1 is 1.37 bits per heavy atom. The number of carbonyl (C=O) groups excluding carboxylic acids is 2. The first-order chi connectivity index (χ1) is 16.7. The van der Waals surface area contributed by atoms with Gasteiger partial charge in [-0.1, -0.05) is 12.1 Å². The third-order valence-corrected chi connectivity index (χ3v) is 8.35. The fourth-order valence-corrected chi connectivity index (χ4v) is 6.69. The molecule has 0 bridgehead atoms. The number of thioether (sulfide) groups is 1. The molecule has 1 aromatic rings. The monoisotopic (exact) mass is 528 g/mol. The van der Waals surface area contributed by atoms with Crippen LogP contribution in [0.25, 0.3) is 0 Å². The number of carboxylic acid groups (broad SMARTS) is 1. The normalized spacial score (nSPS) is 22.9. The van der Waals surface area contributed by atoms with Crippen LogP contribution >= 0.6 is 23.1 Å². The molecule has 0 saturated carbocycles. The molecule has 2 saturated heterocycles. The first-order valence-electron chi connectivity index (χ1n) is 11.2. The number of oxime groups is 1. The quantitative estimate of drug-likeness (QED) is 0.116. The van der Waals surface area contributed by atoms with Crippen molar-refractivity contribution in [2.45, 2.75) is 31.6 Å². The van der Waals surface area contributed by atoms with Gasteiger partial charge in [-0.25, -0.2) is 4.79 Å². The number of amides is 2. The van der Waals surface area contributed by atoms with Crippen LogP contribution in [0.3, 0.4) is 0 Å². The lowest BCUT2D eigenvalue weighted by Crippen LogP contribution is -2.76. The maximum atomic E-state index is 11.7. The van der Waals surface area contributed by atoms with Crippen LogP contribution in [-0.2, 0) is 19.2 Å². The number of thiazole rings is 1. The van der Waals surface area contributed by atoms with Crippen LogP contribution in [0.5, 0.6) is 0 Å². The molecule has 14 heteroatoms. The number of aliphatic carboxylic acids is 1. The summed E-state index contributed by atoms with van der Waals surface area (Å²) in [5.41, 5.74) is 12.4. The summed E-state index contributed by atoms with van der Waals surface area (Å²) in [5.74, 6) is -1.10. The number of primary amides is 1. The third kappa shape index (κ3) is 5.29. The molecule has 192 valence electrons. The molecule has 0 spiro atoms. The van der Waals surface area contributed by atoms with Gasteiger partial charge in [0.2, 0.25) is 17.3 Å². The molecule has 4 heterocycles. The zero-order valence-corrected chi connectivity index (χ0v) is 21.4. The molecule has 0 aliphatic carbocycles. The molecule has 12 nitrogen and oxygen atoms in total. The summed E-state index contributed by atoms with van der Waals surface area (Å²) < 4.78 is 2.50.